The molecule has 52 heavy (non-hydrogen) atoms. The molecule has 2 aliphatic carbocycles. The highest BCUT2D eigenvalue weighted by Gasteiger charge is 2.39. The number of alkyl halides is 6. The first-order valence-electron chi connectivity index (χ1n) is 15.6. The fourth-order valence-electron chi connectivity index (χ4n) is 6.96. The Bertz CT molecular complexity index is 2590. The number of aliphatic imine (C=N–C) groups is 1. The first-order valence-corrected chi connectivity index (χ1v) is 15.6. The average Bonchev–Trinajstić information content (AvgIpc) is 3.54. The van der Waals surface area contributed by atoms with Crippen molar-refractivity contribution in [1.82, 2.24) is 0 Å². The van der Waals surface area contributed by atoms with Crippen molar-refractivity contribution < 1.29 is 26.3 Å². The summed E-state index contributed by atoms with van der Waals surface area (Å²) in [6.07, 6.45) is -8.95. The fraction of sp³-hybridized carbons (Fsp3) is 0.0976. The van der Waals surface area contributed by atoms with E-state index in [1.165, 1.54) is 24.3 Å². The van der Waals surface area contributed by atoms with Gasteiger partial charge in [-0.05, 0) is 94.3 Å². The maximum Gasteiger partial charge on any atom is 0.416 e. The van der Waals surface area contributed by atoms with Crippen LogP contribution in [0.3, 0.4) is 0 Å². The number of hydrogen-bond donors (Lipinski definition) is 0. The molecule has 3 aliphatic rings. The summed E-state index contributed by atoms with van der Waals surface area (Å²) in [7, 11) is 0. The molecule has 5 nitrogen and oxygen atoms in total. The summed E-state index contributed by atoms with van der Waals surface area (Å²) in [5, 5.41) is 40.3. The Hall–Kier alpha value is -6.95. The van der Waals surface area contributed by atoms with Crippen molar-refractivity contribution in [3.63, 3.8) is 0 Å². The van der Waals surface area contributed by atoms with E-state index in [1.807, 2.05) is 24.3 Å². The van der Waals surface area contributed by atoms with E-state index in [0.717, 1.165) is 24.3 Å². The van der Waals surface area contributed by atoms with Crippen LogP contribution in [0.15, 0.2) is 118 Å². The smallest absolute Gasteiger partial charge is 0.247 e. The molecule has 4 aromatic carbocycles. The summed E-state index contributed by atoms with van der Waals surface area (Å²) in [6, 6.07) is 27.2. The van der Waals surface area contributed by atoms with Crippen LogP contribution in [0.4, 0.5) is 26.3 Å². The van der Waals surface area contributed by atoms with E-state index in [4.69, 9.17) is 4.99 Å². The van der Waals surface area contributed by atoms with Gasteiger partial charge in [-0.1, -0.05) is 54.1 Å². The van der Waals surface area contributed by atoms with E-state index < -0.39 is 23.5 Å². The van der Waals surface area contributed by atoms with E-state index in [-0.39, 0.29) is 45.5 Å². The molecule has 7 rings (SSSR count). The maximum absolute atomic E-state index is 13.6. The molecular weight excluding hydrogens is 676 g/mol. The minimum absolute atomic E-state index is 0.186. The molecule has 0 radical (unpaired) electrons. The lowest BCUT2D eigenvalue weighted by molar-refractivity contribution is -0.138. The Morgan fingerprint density at radius 2 is 1.04 bits per heavy atom. The molecule has 0 fully saturated rings. The second-order valence-electron chi connectivity index (χ2n) is 12.2. The number of hydrogen-bond acceptors (Lipinski definition) is 5. The van der Waals surface area contributed by atoms with Gasteiger partial charge in [0.05, 0.1) is 22.5 Å². The lowest BCUT2D eigenvalue weighted by atomic mass is 9.90. The molecular formula is C41H19F6N5. The van der Waals surface area contributed by atoms with Crippen LogP contribution >= 0.6 is 0 Å². The normalized spacial score (nSPS) is 14.6. The average molecular weight is 696 g/mol. The molecule has 0 atom stereocenters. The second-order valence-corrected chi connectivity index (χ2v) is 12.2. The standard InChI is InChI=1S/C41H19F6N5/c1-21-12-34-30-10-8-24(22-4-2-6-28(13-22)40(42,43)44)15-32(30)37(27(19-50)20-51)39(34)52-38-31-11-9-25(23-5-3-7-29(14-23)41(45,46)47)16-33(31)36(35(21)38)26(17-48)18-49/h2-11,13-16H,12H2,1H3. The minimum atomic E-state index is -4.58. The molecule has 0 unspecified atom stereocenters. The topological polar surface area (TPSA) is 108 Å². The fourth-order valence-corrected chi connectivity index (χ4v) is 6.96. The van der Waals surface area contributed by atoms with Gasteiger partial charge < -0.3 is 0 Å². The van der Waals surface area contributed by atoms with Crippen molar-refractivity contribution >= 4 is 22.4 Å². The Balaban J connectivity index is 1.45. The molecule has 0 saturated carbocycles. The van der Waals surface area contributed by atoms with E-state index in [2.05, 4.69) is 0 Å². The number of nitrogens with zero attached hydrogens (tertiary/aromatic N) is 5. The predicted molar refractivity (Wildman–Crippen MR) is 181 cm³/mol. The van der Waals surface area contributed by atoms with Crippen molar-refractivity contribution in [3.05, 3.63) is 146 Å². The Morgan fingerprint density at radius 3 is 1.54 bits per heavy atom. The molecule has 0 saturated heterocycles. The zero-order chi connectivity index (χ0) is 37.1. The molecule has 1 aliphatic heterocycles. The molecule has 250 valence electrons. The van der Waals surface area contributed by atoms with Crippen LogP contribution in [0.25, 0.3) is 39.0 Å². The Kier molecular flexibility index (Phi) is 7.82. The third-order valence-corrected chi connectivity index (χ3v) is 9.25. The van der Waals surface area contributed by atoms with Gasteiger partial charge in [-0.2, -0.15) is 47.4 Å². The lowest BCUT2D eigenvalue weighted by Crippen LogP contribution is -2.04. The van der Waals surface area contributed by atoms with E-state index in [1.54, 1.807) is 43.3 Å². The van der Waals surface area contributed by atoms with Crippen LogP contribution in [0, 0.1) is 45.3 Å². The molecule has 0 spiro atoms. The molecule has 11 heteroatoms. The van der Waals surface area contributed by atoms with Crippen molar-refractivity contribution in [2.75, 3.05) is 0 Å². The van der Waals surface area contributed by atoms with Gasteiger partial charge in [0.15, 0.2) is 0 Å². The summed E-state index contributed by atoms with van der Waals surface area (Å²) in [5.41, 5.74) is 3.95. The minimum Gasteiger partial charge on any atom is -0.247 e. The van der Waals surface area contributed by atoms with Crippen LogP contribution in [0.2, 0.25) is 0 Å². The monoisotopic (exact) mass is 695 g/mol. The Labute approximate surface area is 292 Å². The van der Waals surface area contributed by atoms with Crippen molar-refractivity contribution in [2.45, 2.75) is 25.7 Å². The number of fused-ring (bicyclic) bond motifs is 5. The summed E-state index contributed by atoms with van der Waals surface area (Å²) < 4.78 is 81.4. The number of allylic oxidation sites excluding steroid dienone is 7. The number of rotatable bonds is 2. The van der Waals surface area contributed by atoms with E-state index in [0.29, 0.717) is 55.8 Å². The molecule has 0 amide bonds. The zero-order valence-electron chi connectivity index (χ0n) is 26.8. The van der Waals surface area contributed by atoms with Gasteiger partial charge in [0.1, 0.15) is 35.4 Å². The first-order chi connectivity index (χ1) is 24.8. The highest BCUT2D eigenvalue weighted by molar-refractivity contribution is 6.32. The second kappa shape index (κ2) is 12.1. The molecule has 0 N–H and O–H groups in total. The summed E-state index contributed by atoms with van der Waals surface area (Å²) in [5.74, 6) is 0. The van der Waals surface area contributed by atoms with Gasteiger partial charge in [0, 0.05) is 22.3 Å². The van der Waals surface area contributed by atoms with Crippen LogP contribution < -0.4 is 0 Å². The lowest BCUT2D eigenvalue weighted by Gasteiger charge is -2.13. The van der Waals surface area contributed by atoms with Gasteiger partial charge in [0.25, 0.3) is 0 Å². The van der Waals surface area contributed by atoms with Crippen molar-refractivity contribution in [2.24, 2.45) is 4.99 Å². The first kappa shape index (κ1) is 33.5. The summed E-state index contributed by atoms with van der Waals surface area (Å²) in [6.45, 7) is 1.79. The molecule has 0 aromatic heterocycles. The number of nitriles is 4. The van der Waals surface area contributed by atoms with Crippen LogP contribution in [0.1, 0.15) is 46.7 Å². The van der Waals surface area contributed by atoms with Crippen LogP contribution in [-0.2, 0) is 12.4 Å². The number of halogens is 6. The quantitative estimate of drug-likeness (QED) is 0.154. The van der Waals surface area contributed by atoms with Gasteiger partial charge in [-0.3, -0.25) is 0 Å². The molecule has 1 heterocycles. The Morgan fingerprint density at radius 1 is 0.577 bits per heavy atom. The summed E-state index contributed by atoms with van der Waals surface area (Å²) >= 11 is 0. The van der Waals surface area contributed by atoms with Crippen LogP contribution in [-0.4, -0.2) is 5.71 Å². The molecule has 4 aromatic rings. The van der Waals surface area contributed by atoms with Crippen molar-refractivity contribution in [1.29, 1.82) is 21.0 Å². The third kappa shape index (κ3) is 5.37. The highest BCUT2D eigenvalue weighted by atomic mass is 19.4. The highest BCUT2D eigenvalue weighted by Crippen LogP contribution is 2.53. The van der Waals surface area contributed by atoms with Gasteiger partial charge in [-0.15, -0.1) is 0 Å². The maximum atomic E-state index is 13.6. The summed E-state index contributed by atoms with van der Waals surface area (Å²) in [4.78, 5) is 5.03. The zero-order valence-corrected chi connectivity index (χ0v) is 26.8. The van der Waals surface area contributed by atoms with Gasteiger partial charge >= 0.3 is 12.4 Å². The largest absolute Gasteiger partial charge is 0.416 e. The van der Waals surface area contributed by atoms with Gasteiger partial charge in [0.2, 0.25) is 0 Å². The van der Waals surface area contributed by atoms with Crippen LogP contribution in [0.5, 0.6) is 0 Å². The van der Waals surface area contributed by atoms with Gasteiger partial charge in [-0.25, -0.2) is 4.99 Å². The predicted octanol–water partition coefficient (Wildman–Crippen LogP) is 10.6. The molecule has 0 bridgehead atoms. The SMILES string of the molecule is CC1=C2C(=NC3=C(C1)c1ccc(-c4cccc(C(F)(F)F)c4)cc1C3=C(C#N)C#N)c1ccc(-c3cccc(C(F)(F)F)c3)cc1C2=C(C#N)C#N. The van der Waals surface area contributed by atoms with E-state index in [9.17, 15) is 47.4 Å². The third-order valence-electron chi connectivity index (χ3n) is 9.25. The van der Waals surface area contributed by atoms with E-state index >= 15 is 0 Å². The number of benzene rings is 4. The van der Waals surface area contributed by atoms with Crippen molar-refractivity contribution in [3.8, 4) is 46.5 Å².